The smallest absolute Gasteiger partial charge is 0.0123 e. The molecule has 0 spiro atoms. The lowest BCUT2D eigenvalue weighted by Crippen LogP contribution is -2.38. The summed E-state index contributed by atoms with van der Waals surface area (Å²) < 4.78 is 0. The standard InChI is InChI=1S/C13H27N/c1-10(2)6-9-13(12-7-8-12)14(5)11(3)4/h10-13H,6-9H2,1-5H3. The molecule has 1 rings (SSSR count). The molecule has 0 N–H and O–H groups in total. The van der Waals surface area contributed by atoms with E-state index in [4.69, 9.17) is 0 Å². The Bertz CT molecular complexity index is 159. The van der Waals surface area contributed by atoms with Crippen molar-refractivity contribution in [3.05, 3.63) is 0 Å². The van der Waals surface area contributed by atoms with E-state index in [1.54, 1.807) is 0 Å². The molecule has 0 aromatic rings. The van der Waals surface area contributed by atoms with E-state index >= 15 is 0 Å². The van der Waals surface area contributed by atoms with E-state index in [1.165, 1.54) is 25.7 Å². The zero-order valence-electron chi connectivity index (χ0n) is 10.6. The highest BCUT2D eigenvalue weighted by molar-refractivity contribution is 4.88. The molecular weight excluding hydrogens is 170 g/mol. The molecule has 0 saturated heterocycles. The lowest BCUT2D eigenvalue weighted by atomic mass is 9.98. The van der Waals surface area contributed by atoms with E-state index in [1.807, 2.05) is 0 Å². The monoisotopic (exact) mass is 197 g/mol. The normalized spacial score (nSPS) is 19.7. The molecule has 0 bridgehead atoms. The summed E-state index contributed by atoms with van der Waals surface area (Å²) in [5.41, 5.74) is 0. The van der Waals surface area contributed by atoms with Crippen molar-refractivity contribution < 1.29 is 0 Å². The van der Waals surface area contributed by atoms with Gasteiger partial charge in [0.05, 0.1) is 0 Å². The van der Waals surface area contributed by atoms with E-state index < -0.39 is 0 Å². The molecule has 1 atom stereocenters. The summed E-state index contributed by atoms with van der Waals surface area (Å²) in [5, 5.41) is 0. The summed E-state index contributed by atoms with van der Waals surface area (Å²) in [4.78, 5) is 2.58. The zero-order valence-corrected chi connectivity index (χ0v) is 10.6. The predicted octanol–water partition coefficient (Wildman–Crippen LogP) is 3.54. The topological polar surface area (TPSA) is 3.24 Å². The van der Waals surface area contributed by atoms with Gasteiger partial charge in [-0.2, -0.15) is 0 Å². The molecule has 0 aromatic carbocycles. The molecule has 1 saturated carbocycles. The summed E-state index contributed by atoms with van der Waals surface area (Å²) in [7, 11) is 2.30. The molecular formula is C13H27N. The van der Waals surface area contributed by atoms with Crippen molar-refractivity contribution in [3.63, 3.8) is 0 Å². The Morgan fingerprint density at radius 1 is 1.07 bits per heavy atom. The van der Waals surface area contributed by atoms with Crippen molar-refractivity contribution in [2.24, 2.45) is 11.8 Å². The van der Waals surface area contributed by atoms with Crippen LogP contribution in [0.4, 0.5) is 0 Å². The van der Waals surface area contributed by atoms with Crippen molar-refractivity contribution in [1.82, 2.24) is 4.90 Å². The minimum atomic E-state index is 0.702. The van der Waals surface area contributed by atoms with Gasteiger partial charge in [0.25, 0.3) is 0 Å². The molecule has 1 nitrogen and oxygen atoms in total. The second-order valence-corrected chi connectivity index (χ2v) is 5.64. The van der Waals surface area contributed by atoms with Crippen LogP contribution in [0.1, 0.15) is 53.4 Å². The first-order valence-electron chi connectivity index (χ1n) is 6.24. The molecule has 14 heavy (non-hydrogen) atoms. The van der Waals surface area contributed by atoms with Crippen molar-refractivity contribution in [2.75, 3.05) is 7.05 Å². The van der Waals surface area contributed by atoms with Gasteiger partial charge in [-0.15, -0.1) is 0 Å². The van der Waals surface area contributed by atoms with Gasteiger partial charge in [-0.05, 0) is 58.4 Å². The summed E-state index contributed by atoms with van der Waals surface area (Å²) in [6, 6.07) is 1.56. The highest BCUT2D eigenvalue weighted by Crippen LogP contribution is 2.38. The van der Waals surface area contributed by atoms with Crippen LogP contribution >= 0.6 is 0 Å². The van der Waals surface area contributed by atoms with Gasteiger partial charge in [-0.3, -0.25) is 0 Å². The van der Waals surface area contributed by atoms with Crippen LogP contribution < -0.4 is 0 Å². The van der Waals surface area contributed by atoms with Crippen molar-refractivity contribution in [3.8, 4) is 0 Å². The van der Waals surface area contributed by atoms with E-state index in [9.17, 15) is 0 Å². The molecule has 0 amide bonds. The molecule has 84 valence electrons. The third-order valence-electron chi connectivity index (χ3n) is 3.54. The van der Waals surface area contributed by atoms with Gasteiger partial charge in [0.1, 0.15) is 0 Å². The number of rotatable bonds is 6. The Balaban J connectivity index is 2.38. The summed E-state index contributed by atoms with van der Waals surface area (Å²) in [6.45, 7) is 9.29. The molecule has 1 unspecified atom stereocenters. The Hall–Kier alpha value is -0.0400. The third kappa shape index (κ3) is 3.61. The summed E-state index contributed by atoms with van der Waals surface area (Å²) in [5.74, 6) is 1.87. The van der Waals surface area contributed by atoms with Gasteiger partial charge in [0, 0.05) is 12.1 Å². The van der Waals surface area contributed by atoms with E-state index in [2.05, 4.69) is 39.6 Å². The number of nitrogens with zero attached hydrogens (tertiary/aromatic N) is 1. The van der Waals surface area contributed by atoms with E-state index in [0.717, 1.165) is 17.9 Å². The average molecular weight is 197 g/mol. The zero-order chi connectivity index (χ0) is 10.7. The largest absolute Gasteiger partial charge is 0.301 e. The van der Waals surface area contributed by atoms with Crippen LogP contribution in [0.25, 0.3) is 0 Å². The predicted molar refractivity (Wildman–Crippen MR) is 63.5 cm³/mol. The quantitative estimate of drug-likeness (QED) is 0.629. The van der Waals surface area contributed by atoms with Crippen molar-refractivity contribution in [1.29, 1.82) is 0 Å². The number of hydrogen-bond acceptors (Lipinski definition) is 1. The second kappa shape index (κ2) is 5.16. The van der Waals surface area contributed by atoms with Crippen molar-refractivity contribution in [2.45, 2.75) is 65.5 Å². The number of hydrogen-bond donors (Lipinski definition) is 0. The van der Waals surface area contributed by atoms with Gasteiger partial charge >= 0.3 is 0 Å². The highest BCUT2D eigenvalue weighted by atomic mass is 15.2. The molecule has 1 aliphatic carbocycles. The maximum absolute atomic E-state index is 2.58. The molecule has 0 heterocycles. The Labute approximate surface area is 89.9 Å². The van der Waals surface area contributed by atoms with Crippen LogP contribution in [-0.4, -0.2) is 24.0 Å². The Morgan fingerprint density at radius 2 is 1.64 bits per heavy atom. The fourth-order valence-corrected chi connectivity index (χ4v) is 2.14. The minimum Gasteiger partial charge on any atom is -0.301 e. The maximum Gasteiger partial charge on any atom is 0.0123 e. The third-order valence-corrected chi connectivity index (χ3v) is 3.54. The molecule has 0 aromatic heterocycles. The molecule has 0 aliphatic heterocycles. The maximum atomic E-state index is 2.58. The van der Waals surface area contributed by atoms with Gasteiger partial charge in [0.15, 0.2) is 0 Å². The fraction of sp³-hybridized carbons (Fsp3) is 1.00. The van der Waals surface area contributed by atoms with Crippen molar-refractivity contribution >= 4 is 0 Å². The van der Waals surface area contributed by atoms with E-state index in [-0.39, 0.29) is 0 Å². The van der Waals surface area contributed by atoms with Gasteiger partial charge in [-0.25, -0.2) is 0 Å². The van der Waals surface area contributed by atoms with Crippen LogP contribution in [0.15, 0.2) is 0 Å². The Morgan fingerprint density at radius 3 is 2.00 bits per heavy atom. The highest BCUT2D eigenvalue weighted by Gasteiger charge is 2.34. The Kier molecular flexibility index (Phi) is 4.43. The first kappa shape index (κ1) is 12.0. The molecule has 1 fully saturated rings. The summed E-state index contributed by atoms with van der Waals surface area (Å²) >= 11 is 0. The lowest BCUT2D eigenvalue weighted by molar-refractivity contribution is 0.159. The molecule has 1 heteroatoms. The van der Waals surface area contributed by atoms with Gasteiger partial charge < -0.3 is 4.90 Å². The first-order valence-corrected chi connectivity index (χ1v) is 6.24. The SMILES string of the molecule is CC(C)CCC(C1CC1)N(C)C(C)C. The fourth-order valence-electron chi connectivity index (χ4n) is 2.14. The average Bonchev–Trinajstić information content (AvgIpc) is 2.87. The van der Waals surface area contributed by atoms with Crippen LogP contribution in [-0.2, 0) is 0 Å². The lowest BCUT2D eigenvalue weighted by Gasteiger charge is -2.32. The van der Waals surface area contributed by atoms with Crippen LogP contribution in [0.3, 0.4) is 0 Å². The van der Waals surface area contributed by atoms with Crippen LogP contribution in [0, 0.1) is 11.8 Å². The van der Waals surface area contributed by atoms with Crippen LogP contribution in [0.5, 0.6) is 0 Å². The molecule has 0 radical (unpaired) electrons. The molecule has 1 aliphatic rings. The minimum absolute atomic E-state index is 0.702. The summed E-state index contributed by atoms with van der Waals surface area (Å²) in [6.07, 6.45) is 5.73. The van der Waals surface area contributed by atoms with Gasteiger partial charge in [0.2, 0.25) is 0 Å². The second-order valence-electron chi connectivity index (χ2n) is 5.64. The first-order chi connectivity index (χ1) is 6.52. The van der Waals surface area contributed by atoms with E-state index in [0.29, 0.717) is 6.04 Å². The van der Waals surface area contributed by atoms with Crippen LogP contribution in [0.2, 0.25) is 0 Å². The van der Waals surface area contributed by atoms with Gasteiger partial charge in [-0.1, -0.05) is 13.8 Å².